The largest absolute Gasteiger partial charge is 0.493 e. The number of ether oxygens (including phenoxy) is 1. The van der Waals surface area contributed by atoms with Crippen LogP contribution in [0.25, 0.3) is 0 Å². The smallest absolute Gasteiger partial charge is 0.306 e. The Labute approximate surface area is 122 Å². The highest BCUT2D eigenvalue weighted by molar-refractivity contribution is 8.13. The van der Waals surface area contributed by atoms with Gasteiger partial charge in [0.25, 0.3) is 9.05 Å². The molecule has 5 nitrogen and oxygen atoms in total. The molecular formula is C13H17ClO5S. The lowest BCUT2D eigenvalue weighted by Gasteiger charge is -2.23. The highest BCUT2D eigenvalue weighted by Crippen LogP contribution is 2.34. The molecule has 0 fully saturated rings. The van der Waals surface area contributed by atoms with E-state index in [1.807, 2.05) is 20.8 Å². The summed E-state index contributed by atoms with van der Waals surface area (Å²) >= 11 is 0. The molecule has 0 aliphatic heterocycles. The third-order valence-electron chi connectivity index (χ3n) is 2.61. The third-order valence-corrected chi connectivity index (χ3v) is 3.97. The maximum absolute atomic E-state index is 11.4. The lowest BCUT2D eigenvalue weighted by molar-refractivity contribution is -0.137. The minimum Gasteiger partial charge on any atom is -0.493 e. The van der Waals surface area contributed by atoms with Gasteiger partial charge in [-0.1, -0.05) is 20.8 Å². The van der Waals surface area contributed by atoms with Crippen molar-refractivity contribution < 1.29 is 23.1 Å². The van der Waals surface area contributed by atoms with Gasteiger partial charge in [0.1, 0.15) is 5.75 Å². The number of aliphatic carboxylic acids is 1. The molecule has 1 rings (SSSR count). The fraction of sp³-hybridized carbons (Fsp3) is 0.462. The van der Waals surface area contributed by atoms with Gasteiger partial charge < -0.3 is 9.84 Å². The highest BCUT2D eigenvalue weighted by atomic mass is 35.7. The monoisotopic (exact) mass is 320 g/mol. The van der Waals surface area contributed by atoms with E-state index in [4.69, 9.17) is 20.5 Å². The normalized spacial score (nSPS) is 12.2. The Balaban J connectivity index is 3.15. The zero-order chi connectivity index (χ0) is 15.6. The molecule has 0 heterocycles. The zero-order valence-electron chi connectivity index (χ0n) is 11.5. The first kappa shape index (κ1) is 16.8. The van der Waals surface area contributed by atoms with Crippen molar-refractivity contribution in [3.8, 4) is 5.75 Å². The summed E-state index contributed by atoms with van der Waals surface area (Å²) in [6.45, 7) is 5.72. The van der Waals surface area contributed by atoms with E-state index in [1.165, 1.54) is 18.2 Å². The first-order valence-corrected chi connectivity index (χ1v) is 8.26. The first-order valence-electron chi connectivity index (χ1n) is 5.95. The van der Waals surface area contributed by atoms with E-state index in [2.05, 4.69) is 0 Å². The molecule has 0 radical (unpaired) electrons. The lowest BCUT2D eigenvalue weighted by Crippen LogP contribution is -2.15. The zero-order valence-corrected chi connectivity index (χ0v) is 13.1. The SMILES string of the molecule is CC(C)(C)c1cc(S(=O)(=O)Cl)ccc1OCCC(=O)O. The van der Waals surface area contributed by atoms with Crippen LogP contribution in [0.1, 0.15) is 32.8 Å². The van der Waals surface area contributed by atoms with E-state index in [0.29, 0.717) is 11.3 Å². The molecular weight excluding hydrogens is 304 g/mol. The van der Waals surface area contributed by atoms with Crippen LogP contribution in [0.4, 0.5) is 0 Å². The van der Waals surface area contributed by atoms with E-state index >= 15 is 0 Å². The van der Waals surface area contributed by atoms with Crippen LogP contribution < -0.4 is 4.74 Å². The topological polar surface area (TPSA) is 80.7 Å². The summed E-state index contributed by atoms with van der Waals surface area (Å²) in [6.07, 6.45) is -0.126. The van der Waals surface area contributed by atoms with E-state index in [0.717, 1.165) is 0 Å². The van der Waals surface area contributed by atoms with Crippen molar-refractivity contribution in [2.45, 2.75) is 37.5 Å². The van der Waals surface area contributed by atoms with Crippen LogP contribution in [0, 0.1) is 0 Å². The number of rotatable bonds is 5. The number of carboxylic acids is 1. The lowest BCUT2D eigenvalue weighted by atomic mass is 9.86. The molecule has 0 amide bonds. The molecule has 0 unspecified atom stereocenters. The molecule has 0 aliphatic carbocycles. The Hall–Kier alpha value is -1.27. The molecule has 1 aromatic rings. The maximum atomic E-state index is 11.4. The standard InChI is InChI=1S/C13H17ClO5S/c1-13(2,3)10-8-9(20(14,17)18)4-5-11(10)19-7-6-12(15)16/h4-5,8H,6-7H2,1-3H3,(H,15,16). The number of hydrogen-bond donors (Lipinski definition) is 1. The summed E-state index contributed by atoms with van der Waals surface area (Å²) in [4.78, 5) is 10.5. The van der Waals surface area contributed by atoms with Crippen molar-refractivity contribution in [1.29, 1.82) is 0 Å². The maximum Gasteiger partial charge on any atom is 0.306 e. The van der Waals surface area contributed by atoms with E-state index in [9.17, 15) is 13.2 Å². The van der Waals surface area contributed by atoms with Gasteiger partial charge in [-0.05, 0) is 23.6 Å². The fourth-order valence-corrected chi connectivity index (χ4v) is 2.40. The second-order valence-electron chi connectivity index (χ2n) is 5.34. The molecule has 0 spiro atoms. The van der Waals surface area contributed by atoms with Crippen LogP contribution in [0.3, 0.4) is 0 Å². The summed E-state index contributed by atoms with van der Waals surface area (Å²) in [7, 11) is 1.52. The van der Waals surface area contributed by atoms with Gasteiger partial charge in [0.15, 0.2) is 0 Å². The minimum atomic E-state index is -3.81. The molecule has 0 saturated heterocycles. The molecule has 1 N–H and O–H groups in total. The van der Waals surface area contributed by atoms with E-state index < -0.39 is 15.0 Å². The molecule has 0 aliphatic rings. The second kappa shape index (κ2) is 6.01. The third kappa shape index (κ3) is 4.68. The number of hydrogen-bond acceptors (Lipinski definition) is 4. The molecule has 0 bridgehead atoms. The summed E-state index contributed by atoms with van der Waals surface area (Å²) in [5.74, 6) is -0.495. The number of benzene rings is 1. The summed E-state index contributed by atoms with van der Waals surface area (Å²) in [5, 5.41) is 8.59. The molecule has 0 aromatic heterocycles. The summed E-state index contributed by atoms with van der Waals surface area (Å²) in [6, 6.07) is 4.30. The van der Waals surface area contributed by atoms with Gasteiger partial charge in [0.2, 0.25) is 0 Å². The predicted octanol–water partition coefficient (Wildman–Crippen LogP) is 2.77. The van der Waals surface area contributed by atoms with Gasteiger partial charge in [-0.2, -0.15) is 0 Å². The van der Waals surface area contributed by atoms with Gasteiger partial charge in [-0.15, -0.1) is 0 Å². The second-order valence-corrected chi connectivity index (χ2v) is 7.90. The summed E-state index contributed by atoms with van der Waals surface area (Å²) < 4.78 is 28.2. The Morgan fingerprint density at radius 1 is 1.35 bits per heavy atom. The predicted molar refractivity (Wildman–Crippen MR) is 75.9 cm³/mol. The Morgan fingerprint density at radius 3 is 2.40 bits per heavy atom. The van der Waals surface area contributed by atoms with Crippen LogP contribution in [-0.4, -0.2) is 26.1 Å². The van der Waals surface area contributed by atoms with Crippen LogP contribution >= 0.6 is 10.7 Å². The van der Waals surface area contributed by atoms with Crippen molar-refractivity contribution in [1.82, 2.24) is 0 Å². The van der Waals surface area contributed by atoms with Crippen molar-refractivity contribution in [2.24, 2.45) is 0 Å². The van der Waals surface area contributed by atoms with Crippen molar-refractivity contribution in [3.05, 3.63) is 23.8 Å². The van der Waals surface area contributed by atoms with Gasteiger partial charge in [0, 0.05) is 16.2 Å². The fourth-order valence-electron chi connectivity index (χ4n) is 1.62. The number of carboxylic acid groups (broad SMARTS) is 1. The summed E-state index contributed by atoms with van der Waals surface area (Å²) in [5.41, 5.74) is 0.292. The molecule has 0 saturated carbocycles. The van der Waals surface area contributed by atoms with Crippen LogP contribution in [0.2, 0.25) is 0 Å². The molecule has 7 heteroatoms. The van der Waals surface area contributed by atoms with Crippen molar-refractivity contribution in [2.75, 3.05) is 6.61 Å². The molecule has 0 atom stereocenters. The van der Waals surface area contributed by atoms with Gasteiger partial charge >= 0.3 is 5.97 Å². The van der Waals surface area contributed by atoms with Crippen molar-refractivity contribution >= 4 is 25.7 Å². The Bertz CT molecular complexity index is 602. The Kier molecular flexibility index (Phi) is 5.05. The first-order chi connectivity index (χ1) is 9.01. The van der Waals surface area contributed by atoms with Crippen LogP contribution in [-0.2, 0) is 19.3 Å². The van der Waals surface area contributed by atoms with Crippen molar-refractivity contribution in [3.63, 3.8) is 0 Å². The molecule has 1 aromatic carbocycles. The van der Waals surface area contributed by atoms with E-state index in [1.54, 1.807) is 0 Å². The van der Waals surface area contributed by atoms with Crippen LogP contribution in [0.15, 0.2) is 23.1 Å². The van der Waals surface area contributed by atoms with Crippen LogP contribution in [0.5, 0.6) is 5.75 Å². The Morgan fingerprint density at radius 2 is 1.95 bits per heavy atom. The number of carbonyl (C=O) groups is 1. The molecule has 112 valence electrons. The van der Waals surface area contributed by atoms with Gasteiger partial charge in [0.05, 0.1) is 17.9 Å². The minimum absolute atomic E-state index is 0.00493. The highest BCUT2D eigenvalue weighted by Gasteiger charge is 2.22. The average Bonchev–Trinajstić information content (AvgIpc) is 2.25. The van der Waals surface area contributed by atoms with E-state index in [-0.39, 0.29) is 23.3 Å². The number of halogens is 1. The van der Waals surface area contributed by atoms with Gasteiger partial charge in [-0.25, -0.2) is 8.42 Å². The quantitative estimate of drug-likeness (QED) is 0.844. The molecule has 20 heavy (non-hydrogen) atoms. The van der Waals surface area contributed by atoms with Gasteiger partial charge in [-0.3, -0.25) is 4.79 Å². The average molecular weight is 321 g/mol.